The summed E-state index contributed by atoms with van der Waals surface area (Å²) in [6, 6.07) is 0.717. The normalized spacial score (nSPS) is 25.0. The molecule has 1 aromatic heterocycles. The molecule has 104 valence electrons. The summed E-state index contributed by atoms with van der Waals surface area (Å²) in [5.41, 5.74) is 1.02. The number of fused-ring (bicyclic) bond motifs is 2. The molecule has 0 aromatic carbocycles. The van der Waals surface area contributed by atoms with Crippen molar-refractivity contribution >= 4 is 22.4 Å². The molecule has 0 radical (unpaired) electrons. The summed E-state index contributed by atoms with van der Waals surface area (Å²) >= 11 is 1.71. The van der Waals surface area contributed by atoms with Crippen molar-refractivity contribution in [2.45, 2.75) is 45.1 Å². The highest BCUT2D eigenvalue weighted by atomic mass is 32.1. The number of esters is 1. The third-order valence-electron chi connectivity index (χ3n) is 4.09. The van der Waals surface area contributed by atoms with Crippen molar-refractivity contribution in [3.8, 4) is 0 Å². The van der Waals surface area contributed by atoms with Gasteiger partial charge in [-0.1, -0.05) is 0 Å². The second-order valence-corrected chi connectivity index (χ2v) is 6.25. The Hall–Kier alpha value is -1.10. The maximum atomic E-state index is 11.3. The number of hydrogen-bond acceptors (Lipinski definition) is 5. The Morgan fingerprint density at radius 1 is 1.58 bits per heavy atom. The van der Waals surface area contributed by atoms with E-state index in [0.717, 1.165) is 16.7 Å². The molecule has 4 nitrogen and oxygen atoms in total. The third kappa shape index (κ3) is 2.76. The first-order valence-corrected chi connectivity index (χ1v) is 8.01. The van der Waals surface area contributed by atoms with Crippen molar-refractivity contribution in [3.05, 3.63) is 11.1 Å². The van der Waals surface area contributed by atoms with Gasteiger partial charge in [-0.15, -0.1) is 11.3 Å². The quantitative estimate of drug-likeness (QED) is 0.778. The number of aromatic nitrogens is 1. The third-order valence-corrected chi connectivity index (χ3v) is 5.01. The van der Waals surface area contributed by atoms with Gasteiger partial charge < -0.3 is 9.64 Å². The summed E-state index contributed by atoms with van der Waals surface area (Å²) in [6.45, 7) is 3.47. The Balaban J connectivity index is 1.56. The molecule has 2 fully saturated rings. The Morgan fingerprint density at radius 2 is 2.47 bits per heavy atom. The molecule has 2 unspecified atom stereocenters. The van der Waals surface area contributed by atoms with Crippen LogP contribution in [-0.4, -0.2) is 30.1 Å². The van der Waals surface area contributed by atoms with Crippen LogP contribution in [0.2, 0.25) is 0 Å². The zero-order valence-electron chi connectivity index (χ0n) is 11.3. The fraction of sp³-hybridized carbons (Fsp3) is 0.714. The van der Waals surface area contributed by atoms with Crippen LogP contribution in [0, 0.1) is 5.92 Å². The lowest BCUT2D eigenvalue weighted by atomic mass is 10.1. The van der Waals surface area contributed by atoms with Crippen molar-refractivity contribution in [1.82, 2.24) is 4.98 Å². The van der Waals surface area contributed by atoms with E-state index in [4.69, 9.17) is 4.74 Å². The number of carbonyl (C=O) groups excluding carboxylic acids is 1. The molecular weight excluding hydrogens is 260 g/mol. The maximum Gasteiger partial charge on any atom is 0.306 e. The van der Waals surface area contributed by atoms with Crippen LogP contribution in [-0.2, 0) is 16.0 Å². The highest BCUT2D eigenvalue weighted by Gasteiger charge is 2.38. The summed E-state index contributed by atoms with van der Waals surface area (Å²) in [7, 11) is 0. The molecule has 1 saturated carbocycles. The number of aryl methyl sites for hydroxylation is 1. The van der Waals surface area contributed by atoms with Gasteiger partial charge >= 0.3 is 5.97 Å². The zero-order chi connectivity index (χ0) is 13.2. The maximum absolute atomic E-state index is 11.3. The van der Waals surface area contributed by atoms with Crippen molar-refractivity contribution < 1.29 is 9.53 Å². The first-order valence-electron chi connectivity index (χ1n) is 7.13. The van der Waals surface area contributed by atoms with Gasteiger partial charge in [0.2, 0.25) is 0 Å². The molecule has 1 aliphatic heterocycles. The largest absolute Gasteiger partial charge is 0.466 e. The predicted octanol–water partition coefficient (Wildman–Crippen LogP) is 2.63. The van der Waals surface area contributed by atoms with E-state index in [1.54, 1.807) is 11.3 Å². The second-order valence-electron chi connectivity index (χ2n) is 5.41. The van der Waals surface area contributed by atoms with Crippen LogP contribution in [0.3, 0.4) is 0 Å². The van der Waals surface area contributed by atoms with Crippen LogP contribution in [0.15, 0.2) is 5.38 Å². The molecule has 2 atom stereocenters. The molecule has 0 spiro atoms. The standard InChI is InChI=1S/C14H20N2O2S/c1-2-18-13(17)6-4-11-9-19-14(15-11)16-8-10-3-5-12(16)7-10/h9-10,12H,2-8H2,1H3. The van der Waals surface area contributed by atoms with Crippen LogP contribution in [0.5, 0.6) is 0 Å². The van der Waals surface area contributed by atoms with Crippen molar-refractivity contribution in [2.24, 2.45) is 5.92 Å². The summed E-state index contributed by atoms with van der Waals surface area (Å²) in [5.74, 6) is 0.758. The fourth-order valence-corrected chi connectivity index (χ4v) is 4.11. The number of nitrogens with zero attached hydrogens (tertiary/aromatic N) is 2. The molecule has 3 rings (SSSR count). The lowest BCUT2D eigenvalue weighted by Gasteiger charge is -2.26. The number of anilines is 1. The van der Waals surface area contributed by atoms with Crippen molar-refractivity contribution in [1.29, 1.82) is 0 Å². The van der Waals surface area contributed by atoms with Crippen LogP contribution in [0.4, 0.5) is 5.13 Å². The van der Waals surface area contributed by atoms with Crippen LogP contribution in [0.1, 0.15) is 38.3 Å². The molecular formula is C14H20N2O2S. The average molecular weight is 280 g/mol. The Kier molecular flexibility index (Phi) is 3.73. The van der Waals surface area contributed by atoms with Gasteiger partial charge in [0, 0.05) is 24.4 Å². The lowest BCUT2D eigenvalue weighted by Crippen LogP contribution is -2.31. The van der Waals surface area contributed by atoms with Gasteiger partial charge in [0.05, 0.1) is 18.7 Å². The van der Waals surface area contributed by atoms with Crippen LogP contribution >= 0.6 is 11.3 Å². The fourth-order valence-electron chi connectivity index (χ4n) is 3.17. The number of carbonyl (C=O) groups is 1. The smallest absolute Gasteiger partial charge is 0.306 e. The summed E-state index contributed by atoms with van der Waals surface area (Å²) in [5, 5.41) is 3.23. The van der Waals surface area contributed by atoms with Gasteiger partial charge in [-0.2, -0.15) is 0 Å². The first kappa shape index (κ1) is 12.9. The zero-order valence-corrected chi connectivity index (χ0v) is 12.1. The molecule has 0 N–H and O–H groups in total. The van der Waals surface area contributed by atoms with E-state index in [9.17, 15) is 4.79 Å². The molecule has 1 aliphatic carbocycles. The highest BCUT2D eigenvalue weighted by Crippen LogP contribution is 2.41. The van der Waals surface area contributed by atoms with E-state index in [1.165, 1.54) is 25.8 Å². The molecule has 1 aromatic rings. The van der Waals surface area contributed by atoms with E-state index >= 15 is 0 Å². The first-order chi connectivity index (χ1) is 9.26. The number of piperidine rings is 1. The minimum absolute atomic E-state index is 0.128. The Morgan fingerprint density at radius 3 is 3.16 bits per heavy atom. The average Bonchev–Trinajstić information content (AvgIpc) is 3.12. The second kappa shape index (κ2) is 5.49. The molecule has 19 heavy (non-hydrogen) atoms. The van der Waals surface area contributed by atoms with Gasteiger partial charge in [0.15, 0.2) is 5.13 Å². The molecule has 0 amide bonds. The van der Waals surface area contributed by atoms with Crippen LogP contribution in [0.25, 0.3) is 0 Å². The monoisotopic (exact) mass is 280 g/mol. The van der Waals surface area contributed by atoms with E-state index in [1.807, 2.05) is 6.92 Å². The summed E-state index contributed by atoms with van der Waals surface area (Å²) in [6.07, 6.45) is 5.18. The van der Waals surface area contributed by atoms with E-state index < -0.39 is 0 Å². The minimum Gasteiger partial charge on any atom is -0.466 e. The summed E-state index contributed by atoms with van der Waals surface area (Å²) < 4.78 is 4.94. The van der Waals surface area contributed by atoms with Gasteiger partial charge in [0.1, 0.15) is 0 Å². The van der Waals surface area contributed by atoms with Crippen molar-refractivity contribution in [2.75, 3.05) is 18.1 Å². The van der Waals surface area contributed by atoms with Crippen LogP contribution < -0.4 is 4.90 Å². The van der Waals surface area contributed by atoms with Gasteiger partial charge in [-0.05, 0) is 32.1 Å². The highest BCUT2D eigenvalue weighted by molar-refractivity contribution is 7.13. The molecule has 1 saturated heterocycles. The lowest BCUT2D eigenvalue weighted by molar-refractivity contribution is -0.143. The molecule has 2 aliphatic rings. The SMILES string of the molecule is CCOC(=O)CCc1csc(N2CC3CCC2C3)n1. The van der Waals surface area contributed by atoms with E-state index in [-0.39, 0.29) is 5.97 Å². The van der Waals surface area contributed by atoms with Gasteiger partial charge in [-0.3, -0.25) is 4.79 Å². The summed E-state index contributed by atoms with van der Waals surface area (Å²) in [4.78, 5) is 18.5. The molecule has 5 heteroatoms. The number of thiazole rings is 1. The Bertz CT molecular complexity index is 460. The van der Waals surface area contributed by atoms with Gasteiger partial charge in [-0.25, -0.2) is 4.98 Å². The molecule has 2 heterocycles. The van der Waals surface area contributed by atoms with Crippen molar-refractivity contribution in [3.63, 3.8) is 0 Å². The van der Waals surface area contributed by atoms with Gasteiger partial charge in [0.25, 0.3) is 0 Å². The van der Waals surface area contributed by atoms with E-state index in [0.29, 0.717) is 25.5 Å². The number of hydrogen-bond donors (Lipinski definition) is 0. The minimum atomic E-state index is -0.128. The number of rotatable bonds is 5. The van der Waals surface area contributed by atoms with E-state index in [2.05, 4.69) is 15.3 Å². The Labute approximate surface area is 117 Å². The molecule has 2 bridgehead atoms. The topological polar surface area (TPSA) is 42.4 Å². The number of ether oxygens (including phenoxy) is 1. The predicted molar refractivity (Wildman–Crippen MR) is 75.5 cm³/mol.